The van der Waals surface area contributed by atoms with Crippen molar-refractivity contribution in [2.75, 3.05) is 0 Å². The zero-order chi connectivity index (χ0) is 29.9. The minimum atomic E-state index is -0.0948. The molecule has 0 saturated carbocycles. The molecule has 225 valence electrons. The molecule has 0 amide bonds. The summed E-state index contributed by atoms with van der Waals surface area (Å²) in [5.74, 6) is 1.05. The van der Waals surface area contributed by atoms with Gasteiger partial charge < -0.3 is 10.1 Å². The van der Waals surface area contributed by atoms with Crippen LogP contribution in [0.3, 0.4) is 0 Å². The van der Waals surface area contributed by atoms with Crippen molar-refractivity contribution in [3.8, 4) is 11.3 Å². The van der Waals surface area contributed by atoms with Gasteiger partial charge in [0.1, 0.15) is 0 Å². The van der Waals surface area contributed by atoms with E-state index in [0.29, 0.717) is 5.92 Å². The molecule has 2 aromatic heterocycles. The SMILES string of the molecule is CC(C)c1cc2c3c(nccc3c1)-c1[c-]c3cnccc3cc1C2(C)C.CCC(CC)C(=O)/C=C(\O)C(CC)CC.[Ir]. The molecule has 1 radical (unpaired) electrons. The number of carbonyl (C=O) groups is 1. The summed E-state index contributed by atoms with van der Waals surface area (Å²) < 4.78 is 0. The Morgan fingerprint density at radius 2 is 1.57 bits per heavy atom. The van der Waals surface area contributed by atoms with Crippen molar-refractivity contribution >= 4 is 27.3 Å². The van der Waals surface area contributed by atoms with Gasteiger partial charge >= 0.3 is 0 Å². The fraction of sp³-hybridized carbons (Fsp3) is 0.432. The molecule has 5 heteroatoms. The van der Waals surface area contributed by atoms with Crippen LogP contribution in [0.25, 0.3) is 32.8 Å². The molecule has 0 saturated heterocycles. The number of benzene rings is 2. The molecule has 1 N–H and O–H groups in total. The predicted octanol–water partition coefficient (Wildman–Crippen LogP) is 9.88. The molecule has 5 rings (SSSR count). The third-order valence-electron chi connectivity index (χ3n) is 8.90. The first-order valence-electron chi connectivity index (χ1n) is 15.3. The summed E-state index contributed by atoms with van der Waals surface area (Å²) >= 11 is 0. The largest absolute Gasteiger partial charge is 0.512 e. The maximum atomic E-state index is 11.7. The van der Waals surface area contributed by atoms with E-state index in [1.165, 1.54) is 38.9 Å². The summed E-state index contributed by atoms with van der Waals surface area (Å²) in [6, 6.07) is 14.8. The molecule has 0 unspecified atom stereocenters. The van der Waals surface area contributed by atoms with Crippen molar-refractivity contribution in [3.63, 3.8) is 0 Å². The topological polar surface area (TPSA) is 63.1 Å². The number of hydrogen-bond acceptors (Lipinski definition) is 4. The van der Waals surface area contributed by atoms with Crippen LogP contribution in [0.4, 0.5) is 0 Å². The van der Waals surface area contributed by atoms with Gasteiger partial charge in [0.15, 0.2) is 5.78 Å². The summed E-state index contributed by atoms with van der Waals surface area (Å²) in [7, 11) is 0. The molecule has 0 aliphatic heterocycles. The first kappa shape index (κ1) is 33.6. The van der Waals surface area contributed by atoms with Gasteiger partial charge in [-0.25, -0.2) is 0 Å². The molecule has 0 bridgehead atoms. The van der Waals surface area contributed by atoms with Gasteiger partial charge in [0.2, 0.25) is 0 Å². The summed E-state index contributed by atoms with van der Waals surface area (Å²) in [5, 5.41) is 14.5. The zero-order valence-corrected chi connectivity index (χ0v) is 28.7. The number of aliphatic hydroxyl groups is 1. The molecule has 1 aliphatic rings. The molecule has 0 fully saturated rings. The Morgan fingerprint density at radius 1 is 0.929 bits per heavy atom. The smallest absolute Gasteiger partial charge is 0.162 e. The van der Waals surface area contributed by atoms with Gasteiger partial charge in [-0.1, -0.05) is 95.5 Å². The normalized spacial score (nSPS) is 13.6. The van der Waals surface area contributed by atoms with E-state index < -0.39 is 0 Å². The Balaban J connectivity index is 0.000000263. The van der Waals surface area contributed by atoms with E-state index in [-0.39, 0.29) is 48.9 Å². The number of pyridine rings is 2. The van der Waals surface area contributed by atoms with Crippen molar-refractivity contribution in [1.82, 2.24) is 9.97 Å². The number of nitrogens with zero attached hydrogens (tertiary/aromatic N) is 2. The molecule has 42 heavy (non-hydrogen) atoms. The van der Waals surface area contributed by atoms with E-state index in [1.807, 2.05) is 46.3 Å². The number of carbonyl (C=O) groups excluding carboxylic acids is 1. The second-order valence-electron chi connectivity index (χ2n) is 12.1. The minimum absolute atomic E-state index is 0. The van der Waals surface area contributed by atoms with Crippen molar-refractivity contribution in [2.45, 2.75) is 92.4 Å². The Bertz CT molecular complexity index is 1580. The molecular weight excluding hydrogens is 697 g/mol. The minimum Gasteiger partial charge on any atom is -0.512 e. The van der Waals surface area contributed by atoms with Gasteiger partial charge in [0.05, 0.1) is 5.76 Å². The van der Waals surface area contributed by atoms with Crippen LogP contribution >= 0.6 is 0 Å². The van der Waals surface area contributed by atoms with Gasteiger partial charge in [0, 0.05) is 56.1 Å². The summed E-state index contributed by atoms with van der Waals surface area (Å²) in [4.78, 5) is 20.8. The monoisotopic (exact) mass is 742 g/mol. The molecule has 1 aliphatic carbocycles. The van der Waals surface area contributed by atoms with Crippen molar-refractivity contribution in [2.24, 2.45) is 11.8 Å². The van der Waals surface area contributed by atoms with E-state index in [4.69, 9.17) is 4.98 Å². The van der Waals surface area contributed by atoms with Crippen LogP contribution in [0, 0.1) is 17.9 Å². The average molecular weight is 742 g/mol. The fourth-order valence-corrected chi connectivity index (χ4v) is 6.03. The van der Waals surface area contributed by atoms with E-state index in [2.05, 4.69) is 69.1 Å². The molecule has 0 spiro atoms. The van der Waals surface area contributed by atoms with Crippen LogP contribution in [-0.4, -0.2) is 20.9 Å². The van der Waals surface area contributed by atoms with Crippen molar-refractivity contribution < 1.29 is 30.0 Å². The fourth-order valence-electron chi connectivity index (χ4n) is 6.03. The summed E-state index contributed by atoms with van der Waals surface area (Å²) in [6.45, 7) is 17.2. The Labute approximate surface area is 265 Å². The average Bonchev–Trinajstić information content (AvgIpc) is 2.96. The Kier molecular flexibility index (Phi) is 11.3. The van der Waals surface area contributed by atoms with Gasteiger partial charge in [-0.2, -0.15) is 0 Å². The van der Waals surface area contributed by atoms with Crippen LogP contribution < -0.4 is 0 Å². The molecule has 4 aromatic rings. The standard InChI is InChI=1S/C24H21N2.C13H24O2.Ir/c1-14(2)17-9-16-6-8-26-23-19-10-18-13-25-7-5-15(18)11-20(19)24(3,4)21(12-17)22(16)23;1-5-10(6-2)12(14)9-13(15)11(7-3)8-4;/h5-9,11-14H,1-4H3;9-11,14H,5-8H2,1-4H3;/q-1;;/b;12-9-;. The molecular formula is C37H45IrN2O2-. The van der Waals surface area contributed by atoms with Crippen LogP contribution in [0.1, 0.15) is 104 Å². The van der Waals surface area contributed by atoms with Crippen LogP contribution in [0.15, 0.2) is 60.8 Å². The van der Waals surface area contributed by atoms with Crippen LogP contribution in [0.2, 0.25) is 0 Å². The van der Waals surface area contributed by atoms with E-state index >= 15 is 0 Å². The third-order valence-corrected chi connectivity index (χ3v) is 8.90. The number of aliphatic hydroxyl groups excluding tert-OH is 1. The van der Waals surface area contributed by atoms with E-state index in [0.717, 1.165) is 42.3 Å². The Morgan fingerprint density at radius 3 is 2.19 bits per heavy atom. The third kappa shape index (κ3) is 6.53. The summed E-state index contributed by atoms with van der Waals surface area (Å²) in [5.41, 5.74) is 6.12. The predicted molar refractivity (Wildman–Crippen MR) is 171 cm³/mol. The van der Waals surface area contributed by atoms with Gasteiger partial charge in [-0.15, -0.1) is 12.1 Å². The maximum absolute atomic E-state index is 11.7. The zero-order valence-electron chi connectivity index (χ0n) is 26.3. The number of aromatic nitrogens is 2. The number of rotatable bonds is 8. The summed E-state index contributed by atoms with van der Waals surface area (Å²) in [6.07, 6.45) is 10.6. The quantitative estimate of drug-likeness (QED) is 0.111. The molecule has 0 atom stereocenters. The number of allylic oxidation sites excluding steroid dienone is 2. The van der Waals surface area contributed by atoms with Crippen molar-refractivity contribution in [3.05, 3.63) is 83.5 Å². The van der Waals surface area contributed by atoms with Crippen LogP contribution in [0.5, 0.6) is 0 Å². The van der Waals surface area contributed by atoms with Crippen molar-refractivity contribution in [1.29, 1.82) is 0 Å². The van der Waals surface area contributed by atoms with E-state index in [9.17, 15) is 9.90 Å². The first-order valence-corrected chi connectivity index (χ1v) is 15.3. The Hall–Kier alpha value is -2.88. The maximum Gasteiger partial charge on any atom is 0.162 e. The van der Waals surface area contributed by atoms with Gasteiger partial charge in [0.25, 0.3) is 0 Å². The second-order valence-corrected chi connectivity index (χ2v) is 12.1. The first-order chi connectivity index (χ1) is 19.6. The van der Waals surface area contributed by atoms with Gasteiger partial charge in [-0.05, 0) is 71.2 Å². The van der Waals surface area contributed by atoms with Gasteiger partial charge in [-0.3, -0.25) is 9.78 Å². The molecule has 2 heterocycles. The number of fused-ring (bicyclic) bond motifs is 3. The van der Waals surface area contributed by atoms with E-state index in [1.54, 1.807) is 0 Å². The number of ketones is 1. The molecule has 2 aromatic carbocycles. The molecule has 4 nitrogen and oxygen atoms in total. The number of hydrogen-bond donors (Lipinski definition) is 1. The van der Waals surface area contributed by atoms with Crippen LogP contribution in [-0.2, 0) is 30.3 Å². The second kappa shape index (κ2) is 14.1.